The van der Waals surface area contributed by atoms with E-state index >= 15 is 0 Å². The minimum Gasteiger partial charge on any atom is -0.496 e. The molecule has 1 unspecified atom stereocenters. The Morgan fingerprint density at radius 1 is 1.33 bits per heavy atom. The minimum absolute atomic E-state index is 0.370. The minimum atomic E-state index is -0.522. The Balaban J connectivity index is 2.06. The zero-order chi connectivity index (χ0) is 14.8. The molecule has 0 spiro atoms. The molecule has 0 aromatic heterocycles. The van der Waals surface area contributed by atoms with Gasteiger partial charge in [0.1, 0.15) is 11.8 Å². The third-order valence-corrected chi connectivity index (χ3v) is 4.03. The van der Waals surface area contributed by atoms with Crippen molar-refractivity contribution in [2.24, 2.45) is 11.7 Å². The van der Waals surface area contributed by atoms with Gasteiger partial charge in [0.05, 0.1) is 7.11 Å². The van der Waals surface area contributed by atoms with Crippen molar-refractivity contribution in [3.8, 4) is 5.75 Å². The van der Waals surface area contributed by atoms with Crippen molar-refractivity contribution in [3.05, 3.63) is 42.0 Å². The molecule has 1 aliphatic rings. The summed E-state index contributed by atoms with van der Waals surface area (Å²) in [5.41, 5.74) is 6.47. The fourth-order valence-corrected chi connectivity index (χ4v) is 2.70. The first-order valence-corrected chi connectivity index (χ1v) is 7.29. The number of fused-ring (bicyclic) bond motifs is 1. The third-order valence-electron chi connectivity index (χ3n) is 4.03. The maximum Gasteiger partial charge on any atom is 0.239 e. The number of amides is 1. The third kappa shape index (κ3) is 2.85. The number of methoxy groups -OCH3 is 1. The molecule has 2 aromatic carbocycles. The van der Waals surface area contributed by atoms with E-state index in [-0.39, 0.29) is 5.91 Å². The second-order valence-corrected chi connectivity index (χ2v) is 5.59. The lowest BCUT2D eigenvalue weighted by Gasteiger charge is -2.20. The molecule has 21 heavy (non-hydrogen) atoms. The summed E-state index contributed by atoms with van der Waals surface area (Å²) in [4.78, 5) is 11.9. The zero-order valence-electron chi connectivity index (χ0n) is 12.1. The molecule has 1 saturated carbocycles. The molecule has 0 heterocycles. The van der Waals surface area contributed by atoms with E-state index in [0.29, 0.717) is 11.7 Å². The molecule has 4 heteroatoms. The highest BCUT2D eigenvalue weighted by Crippen LogP contribution is 2.34. The van der Waals surface area contributed by atoms with Gasteiger partial charge in [-0.1, -0.05) is 30.3 Å². The Morgan fingerprint density at radius 3 is 2.76 bits per heavy atom. The first-order valence-electron chi connectivity index (χ1n) is 7.29. The number of benzene rings is 2. The second-order valence-electron chi connectivity index (χ2n) is 5.59. The molecule has 0 aliphatic heterocycles. The Bertz CT molecular complexity index is 665. The Kier molecular flexibility index (Phi) is 3.80. The first kappa shape index (κ1) is 13.9. The Morgan fingerprint density at radius 2 is 2.10 bits per heavy atom. The van der Waals surface area contributed by atoms with Crippen LogP contribution in [-0.2, 0) is 4.79 Å². The first-order chi connectivity index (χ1) is 10.2. The van der Waals surface area contributed by atoms with Gasteiger partial charge in [-0.3, -0.25) is 4.79 Å². The van der Waals surface area contributed by atoms with Crippen molar-refractivity contribution in [3.63, 3.8) is 0 Å². The van der Waals surface area contributed by atoms with E-state index in [1.54, 1.807) is 7.11 Å². The highest BCUT2D eigenvalue weighted by Gasteiger charge is 2.27. The van der Waals surface area contributed by atoms with Crippen LogP contribution in [0.2, 0.25) is 0 Å². The van der Waals surface area contributed by atoms with Crippen LogP contribution in [0.15, 0.2) is 36.4 Å². The van der Waals surface area contributed by atoms with Crippen LogP contribution in [-0.4, -0.2) is 19.6 Å². The van der Waals surface area contributed by atoms with Crippen molar-refractivity contribution < 1.29 is 9.53 Å². The predicted molar refractivity (Wildman–Crippen MR) is 83.2 cm³/mol. The molecule has 0 saturated heterocycles. The Labute approximate surface area is 124 Å². The highest BCUT2D eigenvalue weighted by atomic mass is 16.5. The SMILES string of the molecule is COc1ccc2ccccc2c1C(NCC1CC1)C(N)=O. The van der Waals surface area contributed by atoms with Crippen molar-refractivity contribution in [2.75, 3.05) is 13.7 Å². The van der Waals surface area contributed by atoms with Crippen molar-refractivity contribution in [1.29, 1.82) is 0 Å². The van der Waals surface area contributed by atoms with Gasteiger partial charge in [0.25, 0.3) is 0 Å². The maximum absolute atomic E-state index is 11.9. The number of ether oxygens (including phenoxy) is 1. The van der Waals surface area contributed by atoms with Crippen molar-refractivity contribution in [2.45, 2.75) is 18.9 Å². The van der Waals surface area contributed by atoms with Gasteiger partial charge in [-0.25, -0.2) is 0 Å². The maximum atomic E-state index is 11.9. The summed E-state index contributed by atoms with van der Waals surface area (Å²) < 4.78 is 5.46. The van der Waals surface area contributed by atoms with E-state index in [2.05, 4.69) is 5.32 Å². The molecule has 2 aromatic rings. The van der Waals surface area contributed by atoms with E-state index in [9.17, 15) is 4.79 Å². The molecular formula is C17H20N2O2. The number of rotatable bonds is 6. The number of nitrogens with two attached hydrogens (primary N) is 1. The zero-order valence-corrected chi connectivity index (χ0v) is 12.1. The fraction of sp³-hybridized carbons (Fsp3) is 0.353. The van der Waals surface area contributed by atoms with Crippen LogP contribution in [0.25, 0.3) is 10.8 Å². The summed E-state index contributed by atoms with van der Waals surface area (Å²) in [6.07, 6.45) is 2.45. The number of nitrogens with one attached hydrogen (secondary N) is 1. The molecule has 1 fully saturated rings. The van der Waals surface area contributed by atoms with Crippen LogP contribution in [0.3, 0.4) is 0 Å². The van der Waals surface area contributed by atoms with Gasteiger partial charge >= 0.3 is 0 Å². The summed E-state index contributed by atoms with van der Waals surface area (Å²) in [5.74, 6) is 0.999. The Hall–Kier alpha value is -2.07. The van der Waals surface area contributed by atoms with Gasteiger partial charge in [0.15, 0.2) is 0 Å². The number of carbonyl (C=O) groups is 1. The molecule has 1 amide bonds. The molecule has 0 radical (unpaired) electrons. The average molecular weight is 284 g/mol. The lowest BCUT2D eigenvalue weighted by Crippen LogP contribution is -2.35. The molecule has 1 aliphatic carbocycles. The predicted octanol–water partition coefficient (Wildman–Crippen LogP) is 2.37. The van der Waals surface area contributed by atoms with Gasteiger partial charge in [0, 0.05) is 5.56 Å². The lowest BCUT2D eigenvalue weighted by molar-refractivity contribution is -0.120. The standard InChI is InChI=1S/C17H20N2O2/c1-21-14-9-8-12-4-2-3-5-13(12)15(14)16(17(18)20)19-10-11-6-7-11/h2-5,8-9,11,16,19H,6-7,10H2,1H3,(H2,18,20). The molecule has 4 nitrogen and oxygen atoms in total. The number of hydrogen-bond acceptors (Lipinski definition) is 3. The van der Waals surface area contributed by atoms with E-state index in [1.807, 2.05) is 36.4 Å². The molecule has 0 bridgehead atoms. The monoisotopic (exact) mass is 284 g/mol. The van der Waals surface area contributed by atoms with Gasteiger partial charge in [0.2, 0.25) is 5.91 Å². The van der Waals surface area contributed by atoms with Crippen LogP contribution < -0.4 is 15.8 Å². The van der Waals surface area contributed by atoms with Crippen LogP contribution >= 0.6 is 0 Å². The summed E-state index contributed by atoms with van der Waals surface area (Å²) in [6, 6.07) is 11.3. The summed E-state index contributed by atoms with van der Waals surface area (Å²) in [7, 11) is 1.62. The number of hydrogen-bond donors (Lipinski definition) is 2. The lowest BCUT2D eigenvalue weighted by atomic mass is 9.97. The average Bonchev–Trinajstić information content (AvgIpc) is 3.31. The topological polar surface area (TPSA) is 64.3 Å². The van der Waals surface area contributed by atoms with Gasteiger partial charge < -0.3 is 15.8 Å². The van der Waals surface area contributed by atoms with Crippen LogP contribution in [0.5, 0.6) is 5.75 Å². The largest absolute Gasteiger partial charge is 0.496 e. The second kappa shape index (κ2) is 5.74. The number of primary amides is 1. The molecule has 3 rings (SSSR count). The van der Waals surface area contributed by atoms with Crippen LogP contribution in [0.1, 0.15) is 24.4 Å². The fourth-order valence-electron chi connectivity index (χ4n) is 2.70. The van der Waals surface area contributed by atoms with E-state index < -0.39 is 6.04 Å². The van der Waals surface area contributed by atoms with Crippen molar-refractivity contribution in [1.82, 2.24) is 5.32 Å². The van der Waals surface area contributed by atoms with Crippen LogP contribution in [0, 0.1) is 5.92 Å². The van der Waals surface area contributed by atoms with Gasteiger partial charge in [-0.15, -0.1) is 0 Å². The summed E-state index contributed by atoms with van der Waals surface area (Å²) in [5, 5.41) is 5.39. The quantitative estimate of drug-likeness (QED) is 0.856. The van der Waals surface area contributed by atoms with Crippen molar-refractivity contribution >= 4 is 16.7 Å². The van der Waals surface area contributed by atoms with E-state index in [4.69, 9.17) is 10.5 Å². The van der Waals surface area contributed by atoms with E-state index in [0.717, 1.165) is 22.9 Å². The summed E-state index contributed by atoms with van der Waals surface area (Å²) >= 11 is 0. The molecule has 110 valence electrons. The van der Waals surface area contributed by atoms with Crippen LogP contribution in [0.4, 0.5) is 0 Å². The molecule has 1 atom stereocenters. The summed E-state index contributed by atoms with van der Waals surface area (Å²) in [6.45, 7) is 0.819. The number of carbonyl (C=O) groups excluding carboxylic acids is 1. The highest BCUT2D eigenvalue weighted by molar-refractivity contribution is 5.94. The van der Waals surface area contributed by atoms with Gasteiger partial charge in [-0.2, -0.15) is 0 Å². The molecule has 3 N–H and O–H groups in total. The smallest absolute Gasteiger partial charge is 0.239 e. The van der Waals surface area contributed by atoms with E-state index in [1.165, 1.54) is 12.8 Å². The normalized spacial score (nSPS) is 15.9. The van der Waals surface area contributed by atoms with Gasteiger partial charge in [-0.05, 0) is 42.1 Å². The molecular weight excluding hydrogens is 264 g/mol.